The average molecular weight is 276 g/mol. The number of para-hydroxylation sites is 1. The highest BCUT2D eigenvalue weighted by atomic mass is 16.5. The highest BCUT2D eigenvalue weighted by molar-refractivity contribution is 5.85. The minimum Gasteiger partial charge on any atom is -0.492 e. The van der Waals surface area contributed by atoms with Crippen LogP contribution in [-0.4, -0.2) is 54.8 Å². The third-order valence-corrected chi connectivity index (χ3v) is 4.13. The van der Waals surface area contributed by atoms with Crippen LogP contribution in [-0.2, 0) is 4.79 Å². The second-order valence-corrected chi connectivity index (χ2v) is 5.75. The Bertz CT molecular complexity index is 512. The summed E-state index contributed by atoms with van der Waals surface area (Å²) in [5.74, 6) is 0.546. The van der Waals surface area contributed by atoms with Gasteiger partial charge in [0.25, 0.3) is 0 Å². The first-order valence-electron chi connectivity index (χ1n) is 6.99. The van der Waals surface area contributed by atoms with E-state index < -0.39 is 5.60 Å². The van der Waals surface area contributed by atoms with Gasteiger partial charge in [0.1, 0.15) is 18.3 Å². The summed E-state index contributed by atoms with van der Waals surface area (Å²) in [5.41, 5.74) is 0.143. The van der Waals surface area contributed by atoms with Gasteiger partial charge in [-0.15, -0.1) is 0 Å². The lowest BCUT2D eigenvalue weighted by Gasteiger charge is -2.29. The first-order chi connectivity index (χ1) is 9.59. The van der Waals surface area contributed by atoms with Crippen molar-refractivity contribution in [2.24, 2.45) is 0 Å². The molecule has 0 spiro atoms. The molecule has 1 aromatic rings. The highest BCUT2D eigenvalue weighted by Crippen LogP contribution is 2.34. The summed E-state index contributed by atoms with van der Waals surface area (Å²) in [6, 6.07) is 7.64. The number of fused-ring (bicyclic) bond motifs is 1. The number of benzene rings is 1. The average Bonchev–Trinajstić information content (AvgIpc) is 3.04. The van der Waals surface area contributed by atoms with Gasteiger partial charge < -0.3 is 20.1 Å². The van der Waals surface area contributed by atoms with E-state index in [4.69, 9.17) is 4.74 Å². The Morgan fingerprint density at radius 1 is 1.55 bits per heavy atom. The van der Waals surface area contributed by atoms with E-state index in [2.05, 4.69) is 5.32 Å². The zero-order valence-electron chi connectivity index (χ0n) is 11.6. The molecule has 2 atom stereocenters. The molecular formula is C15H20N2O3. The number of hydrogen-bond donors (Lipinski definition) is 2. The second kappa shape index (κ2) is 5.07. The number of nitrogens with one attached hydrogen (secondary N) is 1. The molecule has 2 aliphatic rings. The van der Waals surface area contributed by atoms with Crippen LogP contribution < -0.4 is 10.1 Å². The van der Waals surface area contributed by atoms with E-state index in [0.29, 0.717) is 26.1 Å². The molecule has 0 aliphatic carbocycles. The summed E-state index contributed by atoms with van der Waals surface area (Å²) in [7, 11) is 1.75. The van der Waals surface area contributed by atoms with Gasteiger partial charge in [0.15, 0.2) is 0 Å². The molecule has 108 valence electrons. The zero-order chi connectivity index (χ0) is 14.2. The van der Waals surface area contributed by atoms with Crippen molar-refractivity contribution >= 4 is 5.91 Å². The maximum absolute atomic E-state index is 12.6. The Hall–Kier alpha value is -1.59. The number of carbonyl (C=O) groups excluding carboxylic acids is 1. The van der Waals surface area contributed by atoms with Crippen LogP contribution in [0.4, 0.5) is 0 Å². The van der Waals surface area contributed by atoms with Crippen molar-refractivity contribution in [1.82, 2.24) is 10.2 Å². The molecule has 2 unspecified atom stereocenters. The van der Waals surface area contributed by atoms with Crippen molar-refractivity contribution in [3.63, 3.8) is 0 Å². The Balaban J connectivity index is 1.70. The monoisotopic (exact) mass is 276 g/mol. The molecule has 1 aromatic carbocycles. The summed E-state index contributed by atoms with van der Waals surface area (Å²) in [6.07, 6.45) is 0.683. The molecule has 2 aliphatic heterocycles. The van der Waals surface area contributed by atoms with Crippen molar-refractivity contribution in [2.45, 2.75) is 17.9 Å². The van der Waals surface area contributed by atoms with Crippen LogP contribution in [0, 0.1) is 0 Å². The summed E-state index contributed by atoms with van der Waals surface area (Å²) in [4.78, 5) is 14.2. The van der Waals surface area contributed by atoms with E-state index >= 15 is 0 Å². The van der Waals surface area contributed by atoms with Crippen LogP contribution in [0.3, 0.4) is 0 Å². The fourth-order valence-corrected chi connectivity index (χ4v) is 3.02. The van der Waals surface area contributed by atoms with Gasteiger partial charge in [-0.3, -0.25) is 4.79 Å². The Morgan fingerprint density at radius 2 is 2.35 bits per heavy atom. The maximum atomic E-state index is 12.6. The van der Waals surface area contributed by atoms with Crippen molar-refractivity contribution in [3.05, 3.63) is 29.8 Å². The topological polar surface area (TPSA) is 61.8 Å². The van der Waals surface area contributed by atoms with Crippen LogP contribution >= 0.6 is 0 Å². The predicted molar refractivity (Wildman–Crippen MR) is 74.8 cm³/mol. The fraction of sp³-hybridized carbons (Fsp3) is 0.533. The van der Waals surface area contributed by atoms with Crippen molar-refractivity contribution in [3.8, 4) is 5.75 Å². The number of amides is 1. The van der Waals surface area contributed by atoms with E-state index in [0.717, 1.165) is 17.9 Å². The molecule has 3 rings (SSSR count). The summed E-state index contributed by atoms with van der Waals surface area (Å²) >= 11 is 0. The number of carbonyl (C=O) groups is 1. The van der Waals surface area contributed by atoms with Crippen molar-refractivity contribution < 1.29 is 14.6 Å². The number of ether oxygens (including phenoxy) is 1. The Kier molecular flexibility index (Phi) is 3.40. The molecule has 1 fully saturated rings. The first-order valence-corrected chi connectivity index (χ1v) is 6.99. The third-order valence-electron chi connectivity index (χ3n) is 4.13. The molecule has 2 heterocycles. The third kappa shape index (κ3) is 2.39. The zero-order valence-corrected chi connectivity index (χ0v) is 11.6. The molecular weight excluding hydrogens is 256 g/mol. The van der Waals surface area contributed by atoms with E-state index in [9.17, 15) is 9.90 Å². The van der Waals surface area contributed by atoms with E-state index in [-0.39, 0.29) is 11.8 Å². The summed E-state index contributed by atoms with van der Waals surface area (Å²) < 4.78 is 5.56. The van der Waals surface area contributed by atoms with E-state index in [1.807, 2.05) is 24.3 Å². The van der Waals surface area contributed by atoms with Gasteiger partial charge in [0.2, 0.25) is 5.91 Å². The molecule has 0 radical (unpaired) electrons. The van der Waals surface area contributed by atoms with Crippen LogP contribution in [0.1, 0.15) is 17.9 Å². The van der Waals surface area contributed by atoms with E-state index in [1.54, 1.807) is 11.9 Å². The molecule has 5 nitrogen and oxygen atoms in total. The number of nitrogens with zero attached hydrogens (tertiary/aromatic N) is 1. The van der Waals surface area contributed by atoms with Crippen LogP contribution in [0.2, 0.25) is 0 Å². The fourth-order valence-electron chi connectivity index (χ4n) is 3.02. The van der Waals surface area contributed by atoms with Gasteiger partial charge >= 0.3 is 0 Å². The quantitative estimate of drug-likeness (QED) is 0.836. The normalized spacial score (nSPS) is 28.0. The molecule has 1 saturated heterocycles. The van der Waals surface area contributed by atoms with Crippen LogP contribution in [0.15, 0.2) is 24.3 Å². The molecule has 0 saturated carbocycles. The van der Waals surface area contributed by atoms with Gasteiger partial charge in [-0.25, -0.2) is 0 Å². The van der Waals surface area contributed by atoms with Gasteiger partial charge in [-0.05, 0) is 19.0 Å². The SMILES string of the molecule is CN(CC1(O)CCNC1)C(=O)C1COc2ccccc21. The molecule has 20 heavy (non-hydrogen) atoms. The molecule has 0 aromatic heterocycles. The highest BCUT2D eigenvalue weighted by Gasteiger charge is 2.37. The van der Waals surface area contributed by atoms with Crippen LogP contribution in [0.5, 0.6) is 5.75 Å². The number of β-amino-alcohol motifs (C(OH)–C–C–N with tert-alkyl or cyclic N) is 1. The van der Waals surface area contributed by atoms with Gasteiger partial charge in [-0.2, -0.15) is 0 Å². The van der Waals surface area contributed by atoms with Crippen molar-refractivity contribution in [2.75, 3.05) is 33.3 Å². The first kappa shape index (κ1) is 13.4. The Morgan fingerprint density at radius 3 is 3.10 bits per heavy atom. The molecule has 5 heteroatoms. The summed E-state index contributed by atoms with van der Waals surface area (Å²) in [6.45, 7) is 2.09. The summed E-state index contributed by atoms with van der Waals surface area (Å²) in [5, 5.41) is 13.5. The molecule has 1 amide bonds. The molecule has 2 N–H and O–H groups in total. The number of rotatable bonds is 3. The minimum absolute atomic E-state index is 0.00951. The lowest BCUT2D eigenvalue weighted by molar-refractivity contribution is -0.134. The van der Waals surface area contributed by atoms with Gasteiger partial charge in [0.05, 0.1) is 12.1 Å². The minimum atomic E-state index is -0.802. The number of hydrogen-bond acceptors (Lipinski definition) is 4. The largest absolute Gasteiger partial charge is 0.492 e. The molecule has 0 bridgehead atoms. The maximum Gasteiger partial charge on any atom is 0.233 e. The lowest BCUT2D eigenvalue weighted by atomic mass is 9.98. The smallest absolute Gasteiger partial charge is 0.233 e. The van der Waals surface area contributed by atoms with Crippen molar-refractivity contribution in [1.29, 1.82) is 0 Å². The van der Waals surface area contributed by atoms with Crippen LogP contribution in [0.25, 0.3) is 0 Å². The van der Waals surface area contributed by atoms with Gasteiger partial charge in [-0.1, -0.05) is 18.2 Å². The predicted octanol–water partition coefficient (Wildman–Crippen LogP) is 0.345. The van der Waals surface area contributed by atoms with Gasteiger partial charge in [0, 0.05) is 19.2 Å². The van der Waals surface area contributed by atoms with E-state index in [1.165, 1.54) is 0 Å². The lowest BCUT2D eigenvalue weighted by Crippen LogP contribution is -2.46. The number of aliphatic hydroxyl groups is 1. The number of likely N-dealkylation sites (N-methyl/N-ethyl adjacent to an activating group) is 1. The Labute approximate surface area is 118 Å². The second-order valence-electron chi connectivity index (χ2n) is 5.75. The standard InChI is InChI=1S/C15H20N2O3/c1-17(10-15(19)6-7-16-9-15)14(18)12-8-20-13-5-3-2-4-11(12)13/h2-5,12,16,19H,6-10H2,1H3.